The Bertz CT molecular complexity index is 568. The largest absolute Gasteiger partial charge is 0.508 e. The van der Waals surface area contributed by atoms with Gasteiger partial charge in [0.2, 0.25) is 0 Å². The monoisotopic (exact) mass is 248 g/mol. The molecule has 0 fully saturated rings. The number of phenolic OH excluding ortho intramolecular Hbond substituents is 1. The fourth-order valence-electron chi connectivity index (χ4n) is 1.84. The standard InChI is InChI=1S/C14H16O4/c1-3-4-7-17-14(16)13-9(2)18-12-6-5-10(15)8-11(12)13/h5-6,8,15H,3-4,7H2,1-2H3. The van der Waals surface area contributed by atoms with Gasteiger partial charge in [-0.3, -0.25) is 0 Å². The summed E-state index contributed by atoms with van der Waals surface area (Å²) in [7, 11) is 0. The van der Waals surface area contributed by atoms with E-state index in [0.717, 1.165) is 12.8 Å². The summed E-state index contributed by atoms with van der Waals surface area (Å²) in [6.07, 6.45) is 1.81. The maximum Gasteiger partial charge on any atom is 0.342 e. The summed E-state index contributed by atoms with van der Waals surface area (Å²) >= 11 is 0. The minimum Gasteiger partial charge on any atom is -0.508 e. The van der Waals surface area contributed by atoms with E-state index in [0.29, 0.717) is 28.9 Å². The van der Waals surface area contributed by atoms with Crippen LogP contribution in [0.2, 0.25) is 0 Å². The van der Waals surface area contributed by atoms with Crippen LogP contribution >= 0.6 is 0 Å². The number of ether oxygens (including phenoxy) is 1. The zero-order valence-electron chi connectivity index (χ0n) is 10.5. The Hall–Kier alpha value is -1.97. The van der Waals surface area contributed by atoms with E-state index in [2.05, 4.69) is 0 Å². The van der Waals surface area contributed by atoms with Gasteiger partial charge < -0.3 is 14.3 Å². The van der Waals surface area contributed by atoms with Crippen molar-refractivity contribution in [1.82, 2.24) is 0 Å². The Balaban J connectivity index is 2.34. The average molecular weight is 248 g/mol. The third kappa shape index (κ3) is 2.32. The number of carbonyl (C=O) groups is 1. The van der Waals surface area contributed by atoms with Gasteiger partial charge in [-0.15, -0.1) is 0 Å². The highest BCUT2D eigenvalue weighted by Gasteiger charge is 2.19. The van der Waals surface area contributed by atoms with Crippen molar-refractivity contribution in [3.05, 3.63) is 29.5 Å². The molecule has 0 spiro atoms. The summed E-state index contributed by atoms with van der Waals surface area (Å²) in [6, 6.07) is 4.68. The number of phenols is 1. The molecule has 0 aliphatic rings. The third-order valence-corrected chi connectivity index (χ3v) is 2.78. The molecule has 0 aliphatic heterocycles. The SMILES string of the molecule is CCCCOC(=O)c1c(C)oc2ccc(O)cc12. The number of benzene rings is 1. The van der Waals surface area contributed by atoms with Gasteiger partial charge in [-0.25, -0.2) is 4.79 Å². The van der Waals surface area contributed by atoms with Crippen molar-refractivity contribution < 1.29 is 19.1 Å². The molecule has 1 aromatic heterocycles. The summed E-state index contributed by atoms with van der Waals surface area (Å²) in [5.41, 5.74) is 0.977. The lowest BCUT2D eigenvalue weighted by atomic mass is 10.1. The van der Waals surface area contributed by atoms with E-state index in [4.69, 9.17) is 9.15 Å². The second kappa shape index (κ2) is 5.12. The first-order valence-electron chi connectivity index (χ1n) is 6.02. The number of rotatable bonds is 4. The van der Waals surface area contributed by atoms with Crippen LogP contribution in [0.1, 0.15) is 35.9 Å². The Morgan fingerprint density at radius 1 is 1.44 bits per heavy atom. The van der Waals surface area contributed by atoms with Crippen LogP contribution in [0, 0.1) is 6.92 Å². The van der Waals surface area contributed by atoms with Gasteiger partial charge in [-0.1, -0.05) is 13.3 Å². The van der Waals surface area contributed by atoms with Gasteiger partial charge in [-0.2, -0.15) is 0 Å². The summed E-state index contributed by atoms with van der Waals surface area (Å²) in [6.45, 7) is 4.15. The number of carbonyl (C=O) groups excluding carboxylic acids is 1. The van der Waals surface area contributed by atoms with Gasteiger partial charge in [0.05, 0.1) is 6.61 Å². The fourth-order valence-corrected chi connectivity index (χ4v) is 1.84. The predicted octanol–water partition coefficient (Wildman–Crippen LogP) is 3.40. The molecule has 1 N–H and O–H groups in total. The fraction of sp³-hybridized carbons (Fsp3) is 0.357. The van der Waals surface area contributed by atoms with Gasteiger partial charge >= 0.3 is 5.97 Å². The van der Waals surface area contributed by atoms with Crippen molar-refractivity contribution in [2.24, 2.45) is 0 Å². The van der Waals surface area contributed by atoms with Crippen LogP contribution in [-0.2, 0) is 4.74 Å². The smallest absolute Gasteiger partial charge is 0.342 e. The number of aromatic hydroxyl groups is 1. The number of unbranched alkanes of at least 4 members (excludes halogenated alkanes) is 1. The number of aryl methyl sites for hydroxylation is 1. The molecule has 2 rings (SSSR count). The Morgan fingerprint density at radius 2 is 2.22 bits per heavy atom. The lowest BCUT2D eigenvalue weighted by molar-refractivity contribution is 0.0500. The van der Waals surface area contributed by atoms with Crippen LogP contribution < -0.4 is 0 Å². The molecule has 0 radical (unpaired) electrons. The number of esters is 1. The van der Waals surface area contributed by atoms with Gasteiger partial charge in [0.1, 0.15) is 22.7 Å². The number of furan rings is 1. The van der Waals surface area contributed by atoms with E-state index in [-0.39, 0.29) is 5.75 Å². The molecule has 1 aromatic carbocycles. The van der Waals surface area contributed by atoms with E-state index in [1.54, 1.807) is 13.0 Å². The van der Waals surface area contributed by atoms with Gasteiger partial charge in [0.25, 0.3) is 0 Å². The highest BCUT2D eigenvalue weighted by molar-refractivity contribution is 6.04. The summed E-state index contributed by atoms with van der Waals surface area (Å²) in [5.74, 6) is 0.216. The van der Waals surface area contributed by atoms with Crippen molar-refractivity contribution >= 4 is 16.9 Å². The van der Waals surface area contributed by atoms with Crippen LogP contribution in [0.15, 0.2) is 22.6 Å². The number of fused-ring (bicyclic) bond motifs is 1. The highest BCUT2D eigenvalue weighted by atomic mass is 16.5. The van der Waals surface area contributed by atoms with Gasteiger partial charge in [0, 0.05) is 5.39 Å². The Morgan fingerprint density at radius 3 is 2.94 bits per heavy atom. The highest BCUT2D eigenvalue weighted by Crippen LogP contribution is 2.29. The van der Waals surface area contributed by atoms with E-state index in [9.17, 15) is 9.90 Å². The Kier molecular flexibility index (Phi) is 3.55. The molecule has 0 bridgehead atoms. The topological polar surface area (TPSA) is 59.7 Å². The van der Waals surface area contributed by atoms with Crippen LogP contribution in [0.4, 0.5) is 0 Å². The first kappa shape index (κ1) is 12.5. The van der Waals surface area contributed by atoms with Crippen LogP contribution in [0.3, 0.4) is 0 Å². The minimum absolute atomic E-state index is 0.103. The summed E-state index contributed by atoms with van der Waals surface area (Å²) < 4.78 is 10.6. The van der Waals surface area contributed by atoms with Crippen LogP contribution in [0.5, 0.6) is 5.75 Å². The first-order valence-corrected chi connectivity index (χ1v) is 6.02. The molecular weight excluding hydrogens is 232 g/mol. The molecule has 2 aromatic rings. The van der Waals surface area contributed by atoms with Crippen molar-refractivity contribution in [1.29, 1.82) is 0 Å². The average Bonchev–Trinajstić information content (AvgIpc) is 2.64. The lowest BCUT2D eigenvalue weighted by Crippen LogP contribution is -2.06. The molecule has 4 nitrogen and oxygen atoms in total. The summed E-state index contributed by atoms with van der Waals surface area (Å²) in [5, 5.41) is 10.1. The van der Waals surface area contributed by atoms with Crippen LogP contribution in [-0.4, -0.2) is 17.7 Å². The maximum atomic E-state index is 12.0. The molecule has 0 saturated heterocycles. The second-order valence-corrected chi connectivity index (χ2v) is 4.20. The molecule has 0 amide bonds. The molecule has 1 heterocycles. The number of hydrogen-bond donors (Lipinski definition) is 1. The normalized spacial score (nSPS) is 10.8. The molecule has 96 valence electrons. The third-order valence-electron chi connectivity index (χ3n) is 2.78. The zero-order chi connectivity index (χ0) is 13.1. The molecule has 0 unspecified atom stereocenters. The minimum atomic E-state index is -0.398. The van der Waals surface area contributed by atoms with Crippen molar-refractivity contribution in [2.75, 3.05) is 6.61 Å². The van der Waals surface area contributed by atoms with Crippen LogP contribution in [0.25, 0.3) is 11.0 Å². The van der Waals surface area contributed by atoms with Crippen molar-refractivity contribution in [3.63, 3.8) is 0 Å². The van der Waals surface area contributed by atoms with E-state index in [1.807, 2.05) is 6.92 Å². The lowest BCUT2D eigenvalue weighted by Gasteiger charge is -2.03. The number of hydrogen-bond acceptors (Lipinski definition) is 4. The molecule has 18 heavy (non-hydrogen) atoms. The quantitative estimate of drug-likeness (QED) is 0.665. The van der Waals surface area contributed by atoms with E-state index in [1.165, 1.54) is 12.1 Å². The van der Waals surface area contributed by atoms with E-state index < -0.39 is 5.97 Å². The molecular formula is C14H16O4. The molecule has 0 atom stereocenters. The first-order chi connectivity index (χ1) is 8.63. The predicted molar refractivity (Wildman–Crippen MR) is 67.8 cm³/mol. The Labute approximate surface area is 105 Å². The zero-order valence-corrected chi connectivity index (χ0v) is 10.5. The summed E-state index contributed by atoms with van der Waals surface area (Å²) in [4.78, 5) is 12.0. The van der Waals surface area contributed by atoms with Crippen molar-refractivity contribution in [3.8, 4) is 5.75 Å². The van der Waals surface area contributed by atoms with Crippen molar-refractivity contribution in [2.45, 2.75) is 26.7 Å². The molecule has 0 saturated carbocycles. The van der Waals surface area contributed by atoms with Gasteiger partial charge in [0.15, 0.2) is 0 Å². The van der Waals surface area contributed by atoms with Gasteiger partial charge in [-0.05, 0) is 31.5 Å². The second-order valence-electron chi connectivity index (χ2n) is 4.20. The van der Waals surface area contributed by atoms with E-state index >= 15 is 0 Å². The maximum absolute atomic E-state index is 12.0. The molecule has 4 heteroatoms. The molecule has 0 aliphatic carbocycles.